The fourth-order valence-electron chi connectivity index (χ4n) is 2.06. The van der Waals surface area contributed by atoms with Crippen molar-refractivity contribution in [2.24, 2.45) is 0 Å². The van der Waals surface area contributed by atoms with Gasteiger partial charge in [-0.05, 0) is 55.4 Å². The molecule has 21 heavy (non-hydrogen) atoms. The molecule has 2 aromatic rings. The van der Waals surface area contributed by atoms with Gasteiger partial charge in [0.2, 0.25) is 0 Å². The van der Waals surface area contributed by atoms with E-state index in [2.05, 4.69) is 19.2 Å². The average Bonchev–Trinajstić information content (AvgIpc) is 2.50. The molecule has 0 radical (unpaired) electrons. The van der Waals surface area contributed by atoms with Crippen molar-refractivity contribution in [2.45, 2.75) is 19.9 Å². The van der Waals surface area contributed by atoms with Crippen LogP contribution in [-0.4, -0.2) is 13.7 Å². The maximum Gasteiger partial charge on any atom is 0.146 e. The summed E-state index contributed by atoms with van der Waals surface area (Å²) in [4.78, 5) is 0. The monoisotopic (exact) mass is 305 g/mol. The topological polar surface area (TPSA) is 30.5 Å². The van der Waals surface area contributed by atoms with E-state index in [1.807, 2.05) is 42.5 Å². The molecule has 3 nitrogen and oxygen atoms in total. The van der Waals surface area contributed by atoms with Gasteiger partial charge in [-0.25, -0.2) is 0 Å². The molecule has 0 aliphatic heterocycles. The molecule has 0 aliphatic rings. The molecule has 1 N–H and O–H groups in total. The van der Waals surface area contributed by atoms with E-state index in [-0.39, 0.29) is 6.04 Å². The van der Waals surface area contributed by atoms with Gasteiger partial charge in [-0.15, -0.1) is 0 Å². The van der Waals surface area contributed by atoms with Crippen molar-refractivity contribution >= 4 is 11.6 Å². The van der Waals surface area contributed by atoms with Gasteiger partial charge in [0.1, 0.15) is 17.2 Å². The summed E-state index contributed by atoms with van der Waals surface area (Å²) in [5, 5.41) is 3.96. The van der Waals surface area contributed by atoms with Gasteiger partial charge in [0.15, 0.2) is 0 Å². The number of halogens is 1. The van der Waals surface area contributed by atoms with E-state index in [1.165, 1.54) is 0 Å². The van der Waals surface area contributed by atoms with Crippen LogP contribution in [0.3, 0.4) is 0 Å². The molecule has 0 saturated heterocycles. The first-order valence-corrected chi connectivity index (χ1v) is 7.36. The normalized spacial score (nSPS) is 12.0. The molecule has 2 aromatic carbocycles. The van der Waals surface area contributed by atoms with Crippen LogP contribution in [0.4, 0.5) is 0 Å². The number of ether oxygens (including phenoxy) is 2. The third kappa shape index (κ3) is 4.13. The van der Waals surface area contributed by atoms with Crippen LogP contribution in [0.25, 0.3) is 0 Å². The standard InChI is InChI=1S/C17H20ClNO2/c1-4-19-12(2)13-5-10-17(16(18)11-13)21-15-8-6-14(20-3)7-9-15/h5-12,19H,4H2,1-3H3. The van der Waals surface area contributed by atoms with E-state index in [0.29, 0.717) is 10.8 Å². The molecule has 0 fully saturated rings. The highest BCUT2D eigenvalue weighted by Gasteiger charge is 2.09. The first kappa shape index (κ1) is 15.7. The van der Waals surface area contributed by atoms with Crippen molar-refractivity contribution < 1.29 is 9.47 Å². The first-order chi connectivity index (χ1) is 10.1. The largest absolute Gasteiger partial charge is 0.497 e. The molecule has 0 heterocycles. The number of methoxy groups -OCH3 is 1. The lowest BCUT2D eigenvalue weighted by Crippen LogP contribution is -2.17. The van der Waals surface area contributed by atoms with E-state index in [1.54, 1.807) is 7.11 Å². The van der Waals surface area contributed by atoms with E-state index in [9.17, 15) is 0 Å². The Bertz CT molecular complexity index is 584. The Labute approximate surface area is 130 Å². The molecular weight excluding hydrogens is 286 g/mol. The van der Waals surface area contributed by atoms with Gasteiger partial charge in [-0.3, -0.25) is 0 Å². The van der Waals surface area contributed by atoms with Gasteiger partial charge in [0.25, 0.3) is 0 Å². The van der Waals surface area contributed by atoms with E-state index in [0.717, 1.165) is 23.6 Å². The number of hydrogen-bond acceptors (Lipinski definition) is 3. The molecule has 112 valence electrons. The number of rotatable bonds is 6. The summed E-state index contributed by atoms with van der Waals surface area (Å²) in [7, 11) is 1.64. The quantitative estimate of drug-likeness (QED) is 0.830. The van der Waals surface area contributed by atoms with Crippen molar-refractivity contribution in [1.82, 2.24) is 5.32 Å². The zero-order valence-electron chi connectivity index (χ0n) is 12.5. The van der Waals surface area contributed by atoms with Gasteiger partial charge in [-0.2, -0.15) is 0 Å². The fourth-order valence-corrected chi connectivity index (χ4v) is 2.29. The van der Waals surface area contributed by atoms with Crippen LogP contribution in [0.2, 0.25) is 5.02 Å². The van der Waals surface area contributed by atoms with Crippen LogP contribution < -0.4 is 14.8 Å². The molecular formula is C17H20ClNO2. The molecule has 0 aliphatic carbocycles. The van der Waals surface area contributed by atoms with Crippen molar-refractivity contribution in [3.63, 3.8) is 0 Å². The average molecular weight is 306 g/mol. The van der Waals surface area contributed by atoms with E-state index < -0.39 is 0 Å². The van der Waals surface area contributed by atoms with Gasteiger partial charge in [0.05, 0.1) is 12.1 Å². The molecule has 1 atom stereocenters. The summed E-state index contributed by atoms with van der Waals surface area (Å²) >= 11 is 6.30. The predicted molar refractivity (Wildman–Crippen MR) is 86.6 cm³/mol. The van der Waals surface area contributed by atoms with Crippen molar-refractivity contribution in [2.75, 3.05) is 13.7 Å². The molecule has 0 bridgehead atoms. The highest BCUT2D eigenvalue weighted by molar-refractivity contribution is 6.32. The Morgan fingerprint density at radius 3 is 2.33 bits per heavy atom. The predicted octanol–water partition coefficient (Wildman–Crippen LogP) is 4.81. The third-order valence-electron chi connectivity index (χ3n) is 3.25. The summed E-state index contributed by atoms with van der Waals surface area (Å²) in [6, 6.07) is 13.5. The summed E-state index contributed by atoms with van der Waals surface area (Å²) in [5.41, 5.74) is 1.14. The lowest BCUT2D eigenvalue weighted by molar-refractivity contribution is 0.413. The van der Waals surface area contributed by atoms with Crippen LogP contribution in [0.5, 0.6) is 17.2 Å². The number of hydrogen-bond donors (Lipinski definition) is 1. The minimum Gasteiger partial charge on any atom is -0.497 e. The Hall–Kier alpha value is -1.71. The zero-order valence-corrected chi connectivity index (χ0v) is 13.3. The Balaban J connectivity index is 2.13. The Morgan fingerprint density at radius 1 is 1.10 bits per heavy atom. The Kier molecular flexibility index (Phi) is 5.48. The fraction of sp³-hybridized carbons (Fsp3) is 0.294. The summed E-state index contributed by atoms with van der Waals surface area (Å²) in [6.45, 7) is 5.11. The highest BCUT2D eigenvalue weighted by atomic mass is 35.5. The SMILES string of the molecule is CCNC(C)c1ccc(Oc2ccc(OC)cc2)c(Cl)c1. The lowest BCUT2D eigenvalue weighted by atomic mass is 10.1. The molecule has 1 unspecified atom stereocenters. The second-order valence-corrected chi connectivity index (χ2v) is 5.15. The minimum absolute atomic E-state index is 0.266. The molecule has 0 saturated carbocycles. The maximum atomic E-state index is 6.30. The van der Waals surface area contributed by atoms with Crippen LogP contribution in [0.1, 0.15) is 25.5 Å². The second kappa shape index (κ2) is 7.34. The molecule has 0 spiro atoms. The second-order valence-electron chi connectivity index (χ2n) is 4.75. The Morgan fingerprint density at radius 2 is 1.76 bits per heavy atom. The molecule has 0 aromatic heterocycles. The minimum atomic E-state index is 0.266. The van der Waals surface area contributed by atoms with Crippen molar-refractivity contribution in [3.05, 3.63) is 53.1 Å². The third-order valence-corrected chi connectivity index (χ3v) is 3.55. The smallest absolute Gasteiger partial charge is 0.146 e. The van der Waals surface area contributed by atoms with Crippen LogP contribution in [0.15, 0.2) is 42.5 Å². The summed E-state index contributed by atoms with van der Waals surface area (Å²) in [5.74, 6) is 2.17. The highest BCUT2D eigenvalue weighted by Crippen LogP contribution is 2.32. The first-order valence-electron chi connectivity index (χ1n) is 6.98. The van der Waals surface area contributed by atoms with Gasteiger partial charge in [0, 0.05) is 6.04 Å². The van der Waals surface area contributed by atoms with Gasteiger partial charge in [-0.1, -0.05) is 24.6 Å². The van der Waals surface area contributed by atoms with Crippen LogP contribution >= 0.6 is 11.6 Å². The summed E-state index contributed by atoms with van der Waals surface area (Å²) < 4.78 is 10.9. The van der Waals surface area contributed by atoms with Crippen molar-refractivity contribution in [3.8, 4) is 17.2 Å². The van der Waals surface area contributed by atoms with Gasteiger partial charge < -0.3 is 14.8 Å². The molecule has 2 rings (SSSR count). The van der Waals surface area contributed by atoms with E-state index >= 15 is 0 Å². The number of nitrogens with one attached hydrogen (secondary N) is 1. The van der Waals surface area contributed by atoms with Crippen LogP contribution in [-0.2, 0) is 0 Å². The molecule has 4 heteroatoms. The van der Waals surface area contributed by atoms with Crippen molar-refractivity contribution in [1.29, 1.82) is 0 Å². The number of benzene rings is 2. The van der Waals surface area contributed by atoms with E-state index in [4.69, 9.17) is 21.1 Å². The lowest BCUT2D eigenvalue weighted by Gasteiger charge is -2.15. The van der Waals surface area contributed by atoms with Crippen LogP contribution in [0, 0.1) is 0 Å². The van der Waals surface area contributed by atoms with Gasteiger partial charge >= 0.3 is 0 Å². The molecule has 0 amide bonds. The maximum absolute atomic E-state index is 6.30. The zero-order chi connectivity index (χ0) is 15.2. The summed E-state index contributed by atoms with van der Waals surface area (Å²) in [6.07, 6.45) is 0.